The zero-order chi connectivity index (χ0) is 17.4. The first-order chi connectivity index (χ1) is 10.7. The van der Waals surface area contributed by atoms with Gasteiger partial charge in [0.25, 0.3) is 0 Å². The van der Waals surface area contributed by atoms with Gasteiger partial charge in [0.1, 0.15) is 5.75 Å². The van der Waals surface area contributed by atoms with Gasteiger partial charge in [0.2, 0.25) is 0 Å². The molecule has 2 rings (SSSR count). The van der Waals surface area contributed by atoms with Gasteiger partial charge in [-0.2, -0.15) is 0 Å². The van der Waals surface area contributed by atoms with E-state index in [1.165, 1.54) is 6.20 Å². The van der Waals surface area contributed by atoms with Crippen LogP contribution in [0.25, 0.3) is 11.1 Å². The lowest BCUT2D eigenvalue weighted by Gasteiger charge is -2.20. The standard InChI is InChI=1S/C17H20ClNO3S/c1-10(2)14-7-15(18)11(3)16(17(14)22-4)12-6-13(9-19-8-12)23(5,20)21/h6-10H,1-5H3. The van der Waals surface area contributed by atoms with E-state index in [9.17, 15) is 8.42 Å². The molecule has 0 aliphatic carbocycles. The lowest BCUT2D eigenvalue weighted by molar-refractivity contribution is 0.409. The molecule has 0 unspecified atom stereocenters. The Labute approximate surface area is 142 Å². The van der Waals surface area contributed by atoms with E-state index >= 15 is 0 Å². The maximum atomic E-state index is 11.8. The summed E-state index contributed by atoms with van der Waals surface area (Å²) < 4.78 is 29.2. The maximum Gasteiger partial charge on any atom is 0.177 e. The topological polar surface area (TPSA) is 56.3 Å². The van der Waals surface area contributed by atoms with E-state index in [2.05, 4.69) is 18.8 Å². The van der Waals surface area contributed by atoms with Gasteiger partial charge in [0.15, 0.2) is 9.84 Å². The molecule has 4 nitrogen and oxygen atoms in total. The number of ether oxygens (including phenoxy) is 1. The molecule has 0 radical (unpaired) electrons. The number of hydrogen-bond donors (Lipinski definition) is 0. The largest absolute Gasteiger partial charge is 0.496 e. The number of rotatable bonds is 4. The van der Waals surface area contributed by atoms with Crippen LogP contribution in [0.4, 0.5) is 0 Å². The molecule has 2 aromatic rings. The third-order valence-electron chi connectivity index (χ3n) is 3.76. The minimum Gasteiger partial charge on any atom is -0.496 e. The van der Waals surface area contributed by atoms with Crippen LogP contribution in [0.2, 0.25) is 5.02 Å². The van der Waals surface area contributed by atoms with Crippen molar-refractivity contribution in [1.29, 1.82) is 0 Å². The number of aromatic nitrogens is 1. The van der Waals surface area contributed by atoms with Gasteiger partial charge in [0.05, 0.1) is 12.0 Å². The van der Waals surface area contributed by atoms with E-state index in [0.717, 1.165) is 22.9 Å². The van der Waals surface area contributed by atoms with Crippen molar-refractivity contribution in [3.63, 3.8) is 0 Å². The van der Waals surface area contributed by atoms with Crippen molar-refractivity contribution in [3.05, 3.63) is 40.7 Å². The molecule has 0 aliphatic heterocycles. The predicted molar refractivity (Wildman–Crippen MR) is 93.2 cm³/mol. The number of hydrogen-bond acceptors (Lipinski definition) is 4. The third kappa shape index (κ3) is 3.51. The summed E-state index contributed by atoms with van der Waals surface area (Å²) in [6.07, 6.45) is 4.13. The average Bonchev–Trinajstić information content (AvgIpc) is 2.48. The van der Waals surface area contributed by atoms with Gasteiger partial charge in [0, 0.05) is 34.8 Å². The van der Waals surface area contributed by atoms with Crippen LogP contribution in [0.5, 0.6) is 5.75 Å². The van der Waals surface area contributed by atoms with Crippen LogP contribution in [-0.2, 0) is 9.84 Å². The Morgan fingerprint density at radius 3 is 2.39 bits per heavy atom. The van der Waals surface area contributed by atoms with E-state index in [0.29, 0.717) is 16.3 Å². The lowest BCUT2D eigenvalue weighted by Crippen LogP contribution is -2.02. The van der Waals surface area contributed by atoms with E-state index in [-0.39, 0.29) is 10.8 Å². The van der Waals surface area contributed by atoms with Crippen LogP contribution >= 0.6 is 11.6 Å². The van der Waals surface area contributed by atoms with Crippen molar-refractivity contribution in [2.24, 2.45) is 0 Å². The van der Waals surface area contributed by atoms with Crippen molar-refractivity contribution in [2.75, 3.05) is 13.4 Å². The molecule has 0 aliphatic rings. The van der Waals surface area contributed by atoms with Crippen molar-refractivity contribution in [2.45, 2.75) is 31.6 Å². The number of halogens is 1. The van der Waals surface area contributed by atoms with E-state index in [4.69, 9.17) is 16.3 Å². The molecule has 0 spiro atoms. The Morgan fingerprint density at radius 2 is 1.87 bits per heavy atom. The molecule has 1 heterocycles. The number of methoxy groups -OCH3 is 1. The van der Waals surface area contributed by atoms with Crippen LogP contribution in [-0.4, -0.2) is 26.8 Å². The Balaban J connectivity index is 2.82. The van der Waals surface area contributed by atoms with Gasteiger partial charge in [-0.1, -0.05) is 25.4 Å². The number of pyridine rings is 1. The zero-order valence-electron chi connectivity index (χ0n) is 13.8. The Hall–Kier alpha value is -1.59. The predicted octanol–water partition coefficient (Wildman–Crippen LogP) is 4.25. The number of nitrogens with zero attached hydrogens (tertiary/aromatic N) is 1. The Bertz CT molecular complexity index is 845. The molecular formula is C17H20ClNO3S. The van der Waals surface area contributed by atoms with Crippen molar-refractivity contribution < 1.29 is 13.2 Å². The molecule has 0 amide bonds. The first-order valence-electron chi connectivity index (χ1n) is 7.19. The molecule has 0 saturated carbocycles. The Morgan fingerprint density at radius 1 is 1.22 bits per heavy atom. The summed E-state index contributed by atoms with van der Waals surface area (Å²) >= 11 is 6.38. The second kappa shape index (κ2) is 6.49. The quantitative estimate of drug-likeness (QED) is 0.824. The van der Waals surface area contributed by atoms with E-state index in [1.807, 2.05) is 13.0 Å². The second-order valence-electron chi connectivity index (χ2n) is 5.82. The molecule has 1 aromatic heterocycles. The smallest absolute Gasteiger partial charge is 0.177 e. The highest BCUT2D eigenvalue weighted by molar-refractivity contribution is 7.90. The molecule has 6 heteroatoms. The fourth-order valence-corrected chi connectivity index (χ4v) is 3.30. The number of benzene rings is 1. The average molecular weight is 354 g/mol. The molecule has 0 saturated heterocycles. The van der Waals surface area contributed by atoms with Gasteiger partial charge in [-0.3, -0.25) is 4.98 Å². The van der Waals surface area contributed by atoms with Gasteiger partial charge in [-0.15, -0.1) is 0 Å². The minimum absolute atomic E-state index is 0.169. The van der Waals surface area contributed by atoms with Crippen LogP contribution in [0.3, 0.4) is 0 Å². The van der Waals surface area contributed by atoms with Crippen LogP contribution in [0, 0.1) is 6.92 Å². The molecule has 0 atom stereocenters. The fraction of sp³-hybridized carbons (Fsp3) is 0.353. The normalized spacial score (nSPS) is 11.8. The van der Waals surface area contributed by atoms with Crippen LogP contribution < -0.4 is 4.74 Å². The molecule has 1 aromatic carbocycles. The summed E-state index contributed by atoms with van der Waals surface area (Å²) in [5.41, 5.74) is 3.26. The summed E-state index contributed by atoms with van der Waals surface area (Å²) in [4.78, 5) is 4.24. The summed E-state index contributed by atoms with van der Waals surface area (Å²) in [5.74, 6) is 0.919. The van der Waals surface area contributed by atoms with Crippen LogP contribution in [0.1, 0.15) is 30.9 Å². The van der Waals surface area contributed by atoms with Gasteiger partial charge in [-0.05, 0) is 36.1 Å². The molecule has 0 fully saturated rings. The lowest BCUT2D eigenvalue weighted by atomic mass is 9.92. The van der Waals surface area contributed by atoms with Gasteiger partial charge >= 0.3 is 0 Å². The highest BCUT2D eigenvalue weighted by Gasteiger charge is 2.20. The molecular weight excluding hydrogens is 334 g/mol. The third-order valence-corrected chi connectivity index (χ3v) is 5.23. The fourth-order valence-electron chi connectivity index (χ4n) is 2.50. The summed E-state index contributed by atoms with van der Waals surface area (Å²) in [7, 11) is -1.74. The molecule has 0 N–H and O–H groups in total. The first kappa shape index (κ1) is 17.8. The highest BCUT2D eigenvalue weighted by Crippen LogP contribution is 2.42. The molecule has 0 bridgehead atoms. The SMILES string of the molecule is COc1c(C(C)C)cc(Cl)c(C)c1-c1cncc(S(C)(=O)=O)c1. The van der Waals surface area contributed by atoms with Crippen molar-refractivity contribution in [3.8, 4) is 16.9 Å². The second-order valence-corrected chi connectivity index (χ2v) is 8.24. The zero-order valence-corrected chi connectivity index (χ0v) is 15.4. The van der Waals surface area contributed by atoms with Gasteiger partial charge in [-0.25, -0.2) is 8.42 Å². The number of sulfone groups is 1. The van der Waals surface area contributed by atoms with Gasteiger partial charge < -0.3 is 4.74 Å². The first-order valence-corrected chi connectivity index (χ1v) is 9.46. The van der Waals surface area contributed by atoms with E-state index in [1.54, 1.807) is 19.4 Å². The molecule has 23 heavy (non-hydrogen) atoms. The summed E-state index contributed by atoms with van der Waals surface area (Å²) in [6, 6.07) is 3.51. The summed E-state index contributed by atoms with van der Waals surface area (Å²) in [6.45, 7) is 5.99. The van der Waals surface area contributed by atoms with Crippen molar-refractivity contribution in [1.82, 2.24) is 4.98 Å². The Kier molecular flexibility index (Phi) is 5.01. The maximum absolute atomic E-state index is 11.8. The molecule has 124 valence electrons. The van der Waals surface area contributed by atoms with Crippen molar-refractivity contribution >= 4 is 21.4 Å². The minimum atomic E-state index is -3.34. The van der Waals surface area contributed by atoms with E-state index < -0.39 is 9.84 Å². The van der Waals surface area contributed by atoms with Crippen LogP contribution in [0.15, 0.2) is 29.4 Å². The monoisotopic (exact) mass is 353 g/mol. The highest BCUT2D eigenvalue weighted by atomic mass is 35.5. The summed E-state index contributed by atoms with van der Waals surface area (Å²) in [5, 5.41) is 0.620.